The van der Waals surface area contributed by atoms with Crippen LogP contribution in [0.15, 0.2) is 11.6 Å². The molecule has 0 radical (unpaired) electrons. The highest BCUT2D eigenvalue weighted by molar-refractivity contribution is 5.74. The Morgan fingerprint density at radius 2 is 2.25 bits per heavy atom. The van der Waals surface area contributed by atoms with E-state index in [4.69, 9.17) is 0 Å². The van der Waals surface area contributed by atoms with E-state index in [-0.39, 0.29) is 0 Å². The van der Waals surface area contributed by atoms with Crippen LogP contribution in [0.5, 0.6) is 0 Å². The molecule has 0 spiro atoms. The molecule has 0 saturated carbocycles. The molecular weight excluding hydrogens is 156 g/mol. The lowest BCUT2D eigenvalue weighted by molar-refractivity contribution is -0.152. The van der Waals surface area contributed by atoms with Gasteiger partial charge in [0.25, 0.3) is 0 Å². The van der Waals surface area contributed by atoms with Crippen molar-refractivity contribution in [2.24, 2.45) is 0 Å². The summed E-state index contributed by atoms with van der Waals surface area (Å²) >= 11 is 0. The number of aliphatic hydroxyl groups is 1. The summed E-state index contributed by atoms with van der Waals surface area (Å²) in [5, 5.41) is 9.23. The van der Waals surface area contributed by atoms with Crippen LogP contribution in [0.4, 0.5) is 0 Å². The predicted octanol–water partition coefficient (Wildman–Crippen LogP) is 1.27. The van der Waals surface area contributed by atoms with Crippen LogP contribution in [0, 0.1) is 0 Å². The van der Waals surface area contributed by atoms with E-state index in [1.165, 1.54) is 0 Å². The van der Waals surface area contributed by atoms with Crippen molar-refractivity contribution in [2.75, 3.05) is 6.61 Å². The third-order valence-corrected chi connectivity index (χ3v) is 1.57. The van der Waals surface area contributed by atoms with Gasteiger partial charge in [0.2, 0.25) is 0 Å². The molecule has 0 saturated heterocycles. The Hall–Kier alpha value is -0.830. The van der Waals surface area contributed by atoms with Gasteiger partial charge in [0.15, 0.2) is 6.10 Å². The first-order chi connectivity index (χ1) is 5.61. The van der Waals surface area contributed by atoms with Crippen LogP contribution < -0.4 is 0 Å². The average molecular weight is 172 g/mol. The third-order valence-electron chi connectivity index (χ3n) is 1.57. The Balaban J connectivity index is 3.86. The van der Waals surface area contributed by atoms with Gasteiger partial charge in [-0.3, -0.25) is 0 Å². The fraction of sp³-hybridized carbons (Fsp3) is 0.667. The van der Waals surface area contributed by atoms with Crippen LogP contribution in [0.1, 0.15) is 27.2 Å². The molecule has 0 aromatic carbocycles. The molecule has 0 fully saturated rings. The zero-order valence-electron chi connectivity index (χ0n) is 7.83. The Labute approximate surface area is 73.0 Å². The quantitative estimate of drug-likeness (QED) is 0.513. The molecule has 0 bridgehead atoms. The van der Waals surface area contributed by atoms with Crippen molar-refractivity contribution < 1.29 is 14.6 Å². The fourth-order valence-electron chi connectivity index (χ4n) is 0.745. The molecule has 3 heteroatoms. The Bertz CT molecular complexity index is 173. The van der Waals surface area contributed by atoms with E-state index >= 15 is 0 Å². The van der Waals surface area contributed by atoms with Gasteiger partial charge >= 0.3 is 5.97 Å². The second-order valence-corrected chi connectivity index (χ2v) is 2.61. The molecule has 0 amide bonds. The monoisotopic (exact) mass is 172 g/mol. The normalized spacial score (nSPS) is 14.2. The molecule has 0 aromatic rings. The number of allylic oxidation sites excluding steroid dienone is 1. The first kappa shape index (κ1) is 11.2. The zero-order valence-corrected chi connectivity index (χ0v) is 7.83. The first-order valence-corrected chi connectivity index (χ1v) is 4.08. The number of aliphatic hydroxyl groups excluding tert-OH is 1. The number of rotatable bonds is 4. The molecule has 1 unspecified atom stereocenters. The van der Waals surface area contributed by atoms with Crippen LogP contribution in [-0.2, 0) is 9.53 Å². The summed E-state index contributed by atoms with van der Waals surface area (Å²) in [6, 6.07) is 0. The van der Waals surface area contributed by atoms with E-state index in [0.717, 1.165) is 5.57 Å². The number of carbonyl (C=O) groups is 1. The zero-order chi connectivity index (χ0) is 9.56. The lowest BCUT2D eigenvalue weighted by Gasteiger charge is -2.08. The van der Waals surface area contributed by atoms with E-state index in [1.54, 1.807) is 6.92 Å². The van der Waals surface area contributed by atoms with E-state index in [1.807, 2.05) is 19.9 Å². The van der Waals surface area contributed by atoms with Gasteiger partial charge in [-0.1, -0.05) is 11.6 Å². The molecule has 0 aliphatic carbocycles. The third kappa shape index (κ3) is 4.13. The van der Waals surface area contributed by atoms with Gasteiger partial charge in [-0.05, 0) is 20.8 Å². The maximum atomic E-state index is 10.9. The maximum absolute atomic E-state index is 10.9. The van der Waals surface area contributed by atoms with Crippen molar-refractivity contribution in [1.29, 1.82) is 0 Å². The van der Waals surface area contributed by atoms with Crippen LogP contribution in [-0.4, -0.2) is 23.8 Å². The SMILES string of the molecule is C/C=C(\C)CC(O)C(=O)OCC. The number of carbonyl (C=O) groups excluding carboxylic acids is 1. The number of hydrogen-bond acceptors (Lipinski definition) is 3. The van der Waals surface area contributed by atoms with Crippen LogP contribution in [0.2, 0.25) is 0 Å². The highest BCUT2D eigenvalue weighted by Gasteiger charge is 2.15. The molecular formula is C9H16O3. The minimum atomic E-state index is -1.01. The largest absolute Gasteiger partial charge is 0.464 e. The lowest BCUT2D eigenvalue weighted by Crippen LogP contribution is -2.23. The smallest absolute Gasteiger partial charge is 0.335 e. The van der Waals surface area contributed by atoms with Crippen molar-refractivity contribution in [3.8, 4) is 0 Å². The highest BCUT2D eigenvalue weighted by atomic mass is 16.5. The van der Waals surface area contributed by atoms with Crippen molar-refractivity contribution in [1.82, 2.24) is 0 Å². The Kier molecular flexibility index (Phi) is 5.37. The molecule has 0 aromatic heterocycles. The maximum Gasteiger partial charge on any atom is 0.335 e. The topological polar surface area (TPSA) is 46.5 Å². The second-order valence-electron chi connectivity index (χ2n) is 2.61. The fourth-order valence-corrected chi connectivity index (χ4v) is 0.745. The lowest BCUT2D eigenvalue weighted by atomic mass is 10.1. The summed E-state index contributed by atoms with van der Waals surface area (Å²) in [5.74, 6) is -0.543. The van der Waals surface area contributed by atoms with E-state index in [2.05, 4.69) is 4.74 Å². The van der Waals surface area contributed by atoms with Crippen molar-refractivity contribution in [3.05, 3.63) is 11.6 Å². The second kappa shape index (κ2) is 5.77. The summed E-state index contributed by atoms with van der Waals surface area (Å²) in [6.07, 6.45) is 1.21. The van der Waals surface area contributed by atoms with Gasteiger partial charge in [-0.2, -0.15) is 0 Å². The molecule has 3 nitrogen and oxygen atoms in total. The standard InChI is InChI=1S/C9H16O3/c1-4-7(3)6-8(10)9(11)12-5-2/h4,8,10H,5-6H2,1-3H3/b7-4+. The molecule has 1 N–H and O–H groups in total. The van der Waals surface area contributed by atoms with Gasteiger partial charge in [0, 0.05) is 6.42 Å². The van der Waals surface area contributed by atoms with Crippen LogP contribution >= 0.6 is 0 Å². The van der Waals surface area contributed by atoms with E-state index in [0.29, 0.717) is 13.0 Å². The minimum Gasteiger partial charge on any atom is -0.464 e. The average Bonchev–Trinajstić information content (AvgIpc) is 2.04. The molecule has 0 heterocycles. The summed E-state index contributed by atoms with van der Waals surface area (Å²) in [6.45, 7) is 5.76. The van der Waals surface area contributed by atoms with Gasteiger partial charge in [-0.25, -0.2) is 4.79 Å². The minimum absolute atomic E-state index is 0.310. The molecule has 0 aliphatic heterocycles. The van der Waals surface area contributed by atoms with E-state index < -0.39 is 12.1 Å². The van der Waals surface area contributed by atoms with Crippen molar-refractivity contribution in [2.45, 2.75) is 33.3 Å². The molecule has 0 aliphatic rings. The number of ether oxygens (including phenoxy) is 1. The van der Waals surface area contributed by atoms with Gasteiger partial charge in [-0.15, -0.1) is 0 Å². The van der Waals surface area contributed by atoms with Crippen molar-refractivity contribution >= 4 is 5.97 Å². The predicted molar refractivity (Wildman–Crippen MR) is 46.7 cm³/mol. The summed E-state index contributed by atoms with van der Waals surface area (Å²) in [4.78, 5) is 10.9. The summed E-state index contributed by atoms with van der Waals surface area (Å²) in [5.41, 5.74) is 0.982. The summed E-state index contributed by atoms with van der Waals surface area (Å²) in [7, 11) is 0. The van der Waals surface area contributed by atoms with Crippen molar-refractivity contribution in [3.63, 3.8) is 0 Å². The molecule has 1 atom stereocenters. The highest BCUT2D eigenvalue weighted by Crippen LogP contribution is 2.05. The van der Waals surface area contributed by atoms with E-state index in [9.17, 15) is 9.90 Å². The van der Waals surface area contributed by atoms with Gasteiger partial charge in [0.05, 0.1) is 6.61 Å². The molecule has 0 rings (SSSR count). The molecule has 12 heavy (non-hydrogen) atoms. The van der Waals surface area contributed by atoms with Crippen LogP contribution in [0.3, 0.4) is 0 Å². The summed E-state index contributed by atoms with van der Waals surface area (Å²) < 4.78 is 4.63. The van der Waals surface area contributed by atoms with Gasteiger partial charge < -0.3 is 9.84 Å². The number of hydrogen-bond donors (Lipinski definition) is 1. The Morgan fingerprint density at radius 3 is 2.67 bits per heavy atom. The number of esters is 1. The first-order valence-electron chi connectivity index (χ1n) is 4.08. The molecule has 70 valence electrons. The Morgan fingerprint density at radius 1 is 1.67 bits per heavy atom. The van der Waals surface area contributed by atoms with Gasteiger partial charge in [0.1, 0.15) is 0 Å². The van der Waals surface area contributed by atoms with Crippen LogP contribution in [0.25, 0.3) is 0 Å².